The molecule has 0 aliphatic rings. The summed E-state index contributed by atoms with van der Waals surface area (Å²) in [6.07, 6.45) is 1.86. The normalized spacial score (nSPS) is 14.0. The van der Waals surface area contributed by atoms with Crippen molar-refractivity contribution in [3.63, 3.8) is 0 Å². The molecule has 0 saturated carbocycles. The minimum absolute atomic E-state index is 0.142. The SMILES string of the molecule is CCCCNC(=O)C(c1cccc(C)c1C)N(CC)C(=O)C(NC(=O)OC(C)(C)C)C(C)CC. The van der Waals surface area contributed by atoms with E-state index < -0.39 is 23.8 Å². The third-order valence-corrected chi connectivity index (χ3v) is 6.11. The lowest BCUT2D eigenvalue weighted by atomic mass is 9.93. The molecule has 0 aliphatic heterocycles. The van der Waals surface area contributed by atoms with Gasteiger partial charge in [0.1, 0.15) is 17.7 Å². The third kappa shape index (κ3) is 8.33. The van der Waals surface area contributed by atoms with Crippen molar-refractivity contribution in [2.24, 2.45) is 5.92 Å². The topological polar surface area (TPSA) is 87.7 Å². The molecule has 3 unspecified atom stereocenters. The molecule has 7 nitrogen and oxygen atoms in total. The maximum Gasteiger partial charge on any atom is 0.408 e. The summed E-state index contributed by atoms with van der Waals surface area (Å²) in [6.45, 7) is 18.0. The summed E-state index contributed by atoms with van der Waals surface area (Å²) in [5, 5.41) is 5.79. The quantitative estimate of drug-likeness (QED) is 0.439. The van der Waals surface area contributed by atoms with E-state index in [9.17, 15) is 14.4 Å². The zero-order valence-electron chi connectivity index (χ0n) is 22.6. The van der Waals surface area contributed by atoms with Crippen molar-refractivity contribution in [3.8, 4) is 0 Å². The van der Waals surface area contributed by atoms with E-state index >= 15 is 0 Å². The van der Waals surface area contributed by atoms with E-state index in [4.69, 9.17) is 4.74 Å². The fourth-order valence-corrected chi connectivity index (χ4v) is 3.77. The van der Waals surface area contributed by atoms with E-state index in [0.29, 0.717) is 19.5 Å². The summed E-state index contributed by atoms with van der Waals surface area (Å²) >= 11 is 0. The molecule has 0 radical (unpaired) electrons. The molecule has 1 aromatic rings. The first-order valence-corrected chi connectivity index (χ1v) is 12.5. The average molecular weight is 476 g/mol. The van der Waals surface area contributed by atoms with Gasteiger partial charge in [0.2, 0.25) is 11.8 Å². The predicted octanol–water partition coefficient (Wildman–Crippen LogP) is 5.05. The van der Waals surface area contributed by atoms with Gasteiger partial charge >= 0.3 is 6.09 Å². The monoisotopic (exact) mass is 475 g/mol. The second-order valence-corrected chi connectivity index (χ2v) is 9.97. The van der Waals surface area contributed by atoms with Gasteiger partial charge in [0.15, 0.2) is 0 Å². The number of nitrogens with zero attached hydrogens (tertiary/aromatic N) is 1. The summed E-state index contributed by atoms with van der Waals surface area (Å²) in [5.41, 5.74) is 2.14. The standard InChI is InChI=1S/C27H45N3O4/c1-10-13-17-28-24(31)23(21-16-14-15-19(5)20(21)6)30(12-3)25(32)22(18(4)11-2)29-26(33)34-27(7,8)9/h14-16,18,22-23H,10-13,17H2,1-9H3,(H,28,31)(H,29,33). The molecule has 1 aromatic carbocycles. The number of ether oxygens (including phenoxy) is 1. The first-order valence-electron chi connectivity index (χ1n) is 12.5. The highest BCUT2D eigenvalue weighted by molar-refractivity contribution is 5.92. The lowest BCUT2D eigenvalue weighted by Crippen LogP contribution is -2.55. The van der Waals surface area contributed by atoms with Crippen LogP contribution >= 0.6 is 0 Å². The van der Waals surface area contributed by atoms with Crippen molar-refractivity contribution in [1.29, 1.82) is 0 Å². The number of amides is 3. The van der Waals surface area contributed by atoms with Gasteiger partial charge in [0.25, 0.3) is 0 Å². The van der Waals surface area contributed by atoms with Gasteiger partial charge in [-0.15, -0.1) is 0 Å². The number of rotatable bonds is 11. The fourth-order valence-electron chi connectivity index (χ4n) is 3.77. The fraction of sp³-hybridized carbons (Fsp3) is 0.667. The van der Waals surface area contributed by atoms with E-state index in [0.717, 1.165) is 29.5 Å². The molecule has 3 atom stereocenters. The molecule has 0 bridgehead atoms. The molecule has 0 saturated heterocycles. The molecule has 0 aliphatic carbocycles. The second kappa shape index (κ2) is 13.4. The zero-order valence-corrected chi connectivity index (χ0v) is 22.6. The highest BCUT2D eigenvalue weighted by atomic mass is 16.6. The third-order valence-electron chi connectivity index (χ3n) is 6.11. The molecule has 0 fully saturated rings. The lowest BCUT2D eigenvalue weighted by molar-refractivity contribution is -0.143. The molecule has 0 heterocycles. The summed E-state index contributed by atoms with van der Waals surface area (Å²) in [4.78, 5) is 41.5. The Morgan fingerprint density at radius 2 is 1.74 bits per heavy atom. The maximum absolute atomic E-state index is 13.9. The summed E-state index contributed by atoms with van der Waals surface area (Å²) < 4.78 is 5.42. The Labute approximate surface area is 206 Å². The molecule has 3 amide bonds. The van der Waals surface area contributed by atoms with E-state index in [1.165, 1.54) is 0 Å². The van der Waals surface area contributed by atoms with Crippen LogP contribution in [0.25, 0.3) is 0 Å². The van der Waals surface area contributed by atoms with Gasteiger partial charge in [-0.2, -0.15) is 0 Å². The molecule has 7 heteroatoms. The van der Waals surface area contributed by atoms with Crippen LogP contribution in [-0.4, -0.2) is 47.5 Å². The van der Waals surface area contributed by atoms with Crippen LogP contribution in [-0.2, 0) is 14.3 Å². The predicted molar refractivity (Wildman–Crippen MR) is 137 cm³/mol. The van der Waals surface area contributed by atoms with Crippen LogP contribution in [0, 0.1) is 19.8 Å². The van der Waals surface area contributed by atoms with Gasteiger partial charge < -0.3 is 20.3 Å². The number of hydrogen-bond acceptors (Lipinski definition) is 4. The van der Waals surface area contributed by atoms with Gasteiger partial charge in [-0.3, -0.25) is 9.59 Å². The van der Waals surface area contributed by atoms with Crippen molar-refractivity contribution in [2.75, 3.05) is 13.1 Å². The average Bonchev–Trinajstić information content (AvgIpc) is 2.76. The van der Waals surface area contributed by atoms with Crippen LogP contribution in [0.4, 0.5) is 4.79 Å². The summed E-state index contributed by atoms with van der Waals surface area (Å²) in [7, 11) is 0. The Morgan fingerprint density at radius 1 is 1.09 bits per heavy atom. The number of carbonyl (C=O) groups is 3. The molecule has 192 valence electrons. The Hall–Kier alpha value is -2.57. The van der Waals surface area contributed by atoms with Crippen molar-refractivity contribution < 1.29 is 19.1 Å². The van der Waals surface area contributed by atoms with Crippen LogP contribution in [0.3, 0.4) is 0 Å². The number of alkyl carbamates (subject to hydrolysis) is 1. The van der Waals surface area contributed by atoms with E-state index in [2.05, 4.69) is 17.6 Å². The number of carbonyl (C=O) groups excluding carboxylic acids is 3. The van der Waals surface area contributed by atoms with Crippen molar-refractivity contribution in [2.45, 2.75) is 99.3 Å². The highest BCUT2D eigenvalue weighted by Crippen LogP contribution is 2.28. The van der Waals surface area contributed by atoms with E-state index in [1.807, 2.05) is 52.8 Å². The molecular formula is C27H45N3O4. The van der Waals surface area contributed by atoms with Gasteiger partial charge in [-0.05, 0) is 70.6 Å². The molecule has 34 heavy (non-hydrogen) atoms. The van der Waals surface area contributed by atoms with Gasteiger partial charge in [0.05, 0.1) is 0 Å². The smallest absolute Gasteiger partial charge is 0.408 e. The summed E-state index contributed by atoms with van der Waals surface area (Å²) in [5.74, 6) is -0.645. The van der Waals surface area contributed by atoms with Crippen LogP contribution in [0.5, 0.6) is 0 Å². The minimum Gasteiger partial charge on any atom is -0.444 e. The number of unbranched alkanes of at least 4 members (excludes halogenated alkanes) is 1. The van der Waals surface area contributed by atoms with Crippen LogP contribution in [0.2, 0.25) is 0 Å². The number of hydrogen-bond donors (Lipinski definition) is 2. The Kier molecular flexibility index (Phi) is 11.6. The van der Waals surface area contributed by atoms with Crippen LogP contribution in [0.1, 0.15) is 90.5 Å². The van der Waals surface area contributed by atoms with Crippen LogP contribution in [0.15, 0.2) is 18.2 Å². The van der Waals surface area contributed by atoms with Crippen molar-refractivity contribution >= 4 is 17.9 Å². The maximum atomic E-state index is 13.9. The van der Waals surface area contributed by atoms with Gasteiger partial charge in [-0.1, -0.05) is 51.8 Å². The number of likely N-dealkylation sites (N-methyl/N-ethyl adjacent to an activating group) is 1. The molecule has 0 spiro atoms. The summed E-state index contributed by atoms with van der Waals surface area (Å²) in [6, 6.07) is 4.21. The molecule has 2 N–H and O–H groups in total. The Bertz CT molecular complexity index is 832. The first-order chi connectivity index (χ1) is 15.9. The largest absolute Gasteiger partial charge is 0.444 e. The van der Waals surface area contributed by atoms with Gasteiger partial charge in [-0.25, -0.2) is 4.79 Å². The van der Waals surface area contributed by atoms with Crippen molar-refractivity contribution in [1.82, 2.24) is 15.5 Å². The van der Waals surface area contributed by atoms with Crippen molar-refractivity contribution in [3.05, 3.63) is 34.9 Å². The number of benzene rings is 1. The number of nitrogens with one attached hydrogen (secondary N) is 2. The Balaban J connectivity index is 3.42. The Morgan fingerprint density at radius 3 is 2.26 bits per heavy atom. The highest BCUT2D eigenvalue weighted by Gasteiger charge is 2.37. The van der Waals surface area contributed by atoms with Crippen LogP contribution < -0.4 is 10.6 Å². The molecule has 0 aromatic heterocycles. The zero-order chi connectivity index (χ0) is 26.1. The van der Waals surface area contributed by atoms with Gasteiger partial charge in [0, 0.05) is 13.1 Å². The first kappa shape index (κ1) is 29.5. The second-order valence-electron chi connectivity index (χ2n) is 9.97. The number of aryl methyl sites for hydroxylation is 1. The lowest BCUT2D eigenvalue weighted by Gasteiger charge is -2.36. The van der Waals surface area contributed by atoms with E-state index in [-0.39, 0.29) is 17.7 Å². The minimum atomic E-state index is -0.809. The van der Waals surface area contributed by atoms with E-state index in [1.54, 1.807) is 25.7 Å². The molecular weight excluding hydrogens is 430 g/mol. The molecule has 1 rings (SSSR count).